The zero-order valence-corrected chi connectivity index (χ0v) is 31.1. The van der Waals surface area contributed by atoms with E-state index in [1.54, 1.807) is 14.2 Å². The normalized spacial score (nSPS) is 31.0. The molecule has 2 heterocycles. The van der Waals surface area contributed by atoms with Crippen LogP contribution in [0.15, 0.2) is 0 Å². The van der Waals surface area contributed by atoms with Crippen molar-refractivity contribution in [1.82, 2.24) is 4.90 Å². The number of hydrogen-bond donors (Lipinski definition) is 1. The Morgan fingerprint density at radius 3 is 1.63 bits per heavy atom. The first-order chi connectivity index (χ1) is 19.2. The molecule has 1 aromatic rings. The molecule has 0 aromatic heterocycles. The van der Waals surface area contributed by atoms with E-state index < -0.39 is 32.8 Å². The molecule has 2 aliphatic heterocycles. The first-order valence-corrected chi connectivity index (χ1v) is 16.3. The Bertz CT molecular complexity index is 1310. The highest BCUT2D eigenvalue weighted by atomic mass is 16.6. The molecule has 1 aromatic carbocycles. The third-order valence-electron chi connectivity index (χ3n) is 13.4. The first kappa shape index (κ1) is 36.5. The van der Waals surface area contributed by atoms with Crippen LogP contribution in [0.2, 0.25) is 10.5 Å². The van der Waals surface area contributed by atoms with Gasteiger partial charge in [-0.1, -0.05) is 38.5 Å². The van der Waals surface area contributed by atoms with Crippen molar-refractivity contribution in [3.05, 3.63) is 11.1 Å². The molecule has 3 unspecified atom stereocenters. The minimum absolute atomic E-state index is 0.0315. The number of carbonyl (C=O) groups excluding carboxylic acids is 1. The van der Waals surface area contributed by atoms with Crippen molar-refractivity contribution in [3.63, 3.8) is 0 Å². The molecule has 2 aliphatic rings. The lowest BCUT2D eigenvalue weighted by molar-refractivity contribution is -0.177. The van der Waals surface area contributed by atoms with E-state index in [9.17, 15) is 4.79 Å². The molecule has 0 spiro atoms. The van der Waals surface area contributed by atoms with Gasteiger partial charge in [0, 0.05) is 5.44 Å². The topological polar surface area (TPSA) is 74.0 Å². The maximum Gasteiger partial charge on any atom is 0.322 e. The molecular formula is C24H51B13N2O4. The van der Waals surface area contributed by atoms with Crippen molar-refractivity contribution < 1.29 is 19.0 Å². The molecule has 0 radical (unpaired) electrons. The molecule has 43 heavy (non-hydrogen) atoms. The van der Waals surface area contributed by atoms with Crippen LogP contribution in [0, 0.1) is 11.8 Å². The maximum atomic E-state index is 14.0. The summed E-state index contributed by atoms with van der Waals surface area (Å²) in [6.45, 7) is 8.51. The van der Waals surface area contributed by atoms with Gasteiger partial charge < -0.3 is 24.8 Å². The molecule has 0 bridgehead atoms. The van der Waals surface area contributed by atoms with E-state index >= 15 is 0 Å². The van der Waals surface area contributed by atoms with Gasteiger partial charge >= 0.3 is 5.97 Å². The van der Waals surface area contributed by atoms with Crippen molar-refractivity contribution in [2.45, 2.75) is 77.5 Å². The quantitative estimate of drug-likeness (QED) is 0.259. The number of fused-ring (bicyclic) bond motifs is 3. The van der Waals surface area contributed by atoms with Gasteiger partial charge in [-0.05, 0) is 55.9 Å². The molecule has 0 saturated carbocycles. The Hall–Kier alpha value is -0.946. The zero-order valence-electron chi connectivity index (χ0n) is 31.1. The minimum Gasteiger partial charge on any atom is -0.493 e. The highest BCUT2D eigenvalue weighted by Gasteiger charge is 2.77. The van der Waals surface area contributed by atoms with E-state index in [-0.39, 0.29) is 22.4 Å². The van der Waals surface area contributed by atoms with Crippen LogP contribution in [-0.4, -0.2) is 149 Å². The van der Waals surface area contributed by atoms with Crippen molar-refractivity contribution in [2.75, 3.05) is 14.2 Å². The molecule has 4 atom stereocenters. The summed E-state index contributed by atoms with van der Waals surface area (Å²) >= 11 is 0. The van der Waals surface area contributed by atoms with Crippen molar-refractivity contribution in [2.24, 2.45) is 17.6 Å². The fraction of sp³-hybridized carbons (Fsp3) is 0.708. The second-order valence-electron chi connectivity index (χ2n) is 17.0. The van der Waals surface area contributed by atoms with Crippen LogP contribution in [-0.2, 0) is 20.2 Å². The van der Waals surface area contributed by atoms with Crippen LogP contribution in [0.1, 0.15) is 45.2 Å². The van der Waals surface area contributed by atoms with Crippen LogP contribution < -0.4 is 26.1 Å². The van der Waals surface area contributed by atoms with E-state index in [2.05, 4.69) is 121 Å². The molecular weight excluding hydrogens is 521 g/mol. The van der Waals surface area contributed by atoms with E-state index in [1.807, 2.05) is 13.8 Å². The summed E-state index contributed by atoms with van der Waals surface area (Å²) in [4.78, 5) is 16.8. The average molecular weight is 572 g/mol. The number of piperidine rings is 1. The van der Waals surface area contributed by atoms with Gasteiger partial charge in [0.25, 0.3) is 0 Å². The van der Waals surface area contributed by atoms with Crippen LogP contribution in [0.5, 0.6) is 11.5 Å². The lowest BCUT2D eigenvalue weighted by Gasteiger charge is -2.83. The molecule has 220 valence electrons. The van der Waals surface area contributed by atoms with Crippen molar-refractivity contribution >= 4 is 119 Å². The second kappa shape index (κ2) is 10.8. The summed E-state index contributed by atoms with van der Waals surface area (Å²) in [6.07, 6.45) is 0.879. The number of benzene rings is 1. The number of rotatable bonds is 7. The van der Waals surface area contributed by atoms with Gasteiger partial charge in [-0.25, -0.2) is 0 Å². The Labute approximate surface area is 274 Å². The molecule has 0 aliphatic carbocycles. The molecule has 0 amide bonds. The Balaban J connectivity index is 2.67. The van der Waals surface area contributed by atoms with Crippen LogP contribution in [0.4, 0.5) is 0 Å². The lowest BCUT2D eigenvalue weighted by atomic mass is 9.13. The van der Waals surface area contributed by atoms with Crippen LogP contribution >= 0.6 is 0 Å². The summed E-state index contributed by atoms with van der Waals surface area (Å²) < 4.78 is 19.1. The van der Waals surface area contributed by atoms with Crippen molar-refractivity contribution in [1.29, 1.82) is 0 Å². The number of hydrogen-bond acceptors (Lipinski definition) is 6. The number of esters is 1. The predicted molar refractivity (Wildman–Crippen MR) is 217 cm³/mol. The lowest BCUT2D eigenvalue weighted by Crippen LogP contribution is -2.91. The van der Waals surface area contributed by atoms with Gasteiger partial charge in [0.1, 0.15) is 100 Å². The molecule has 6 nitrogen and oxygen atoms in total. The van der Waals surface area contributed by atoms with Crippen LogP contribution in [0.3, 0.4) is 0 Å². The summed E-state index contributed by atoms with van der Waals surface area (Å²) in [5.74, 6) is 1.57. The summed E-state index contributed by atoms with van der Waals surface area (Å²) in [5.41, 5.74) is 9.71. The van der Waals surface area contributed by atoms with E-state index in [0.717, 1.165) is 28.8 Å². The monoisotopic (exact) mass is 575 g/mol. The SMILES string of the molecule is Bc1c(OC)c(OC)c(B)c2c1C(B)(B)C(B)(B)N1C(B)(B)C(B)(CC(C)C)C(B)(OC(=O)[C@@H](N)C(C)C)C(B)(B)C21B. The zero-order chi connectivity index (χ0) is 33.7. The van der Waals surface area contributed by atoms with Crippen molar-refractivity contribution in [3.8, 4) is 11.5 Å². The molecule has 19 heteroatoms. The van der Waals surface area contributed by atoms with Crippen LogP contribution in [0.25, 0.3) is 0 Å². The summed E-state index contributed by atoms with van der Waals surface area (Å²) in [5, 5.41) is -2.06. The number of nitrogens with two attached hydrogens (primary N) is 1. The molecule has 3 rings (SSSR count). The Kier molecular flexibility index (Phi) is 9.18. The van der Waals surface area contributed by atoms with Gasteiger partial charge in [-0.3, -0.25) is 4.79 Å². The number of ether oxygens (including phenoxy) is 3. The third-order valence-corrected chi connectivity index (χ3v) is 13.4. The second-order valence-corrected chi connectivity index (χ2v) is 17.0. The molecule has 1 fully saturated rings. The minimum atomic E-state index is -0.898. The Morgan fingerprint density at radius 2 is 1.23 bits per heavy atom. The highest BCUT2D eigenvalue weighted by molar-refractivity contribution is 6.61. The molecule has 1 saturated heterocycles. The Morgan fingerprint density at radius 1 is 0.791 bits per heavy atom. The van der Waals surface area contributed by atoms with Gasteiger partial charge in [0.2, 0.25) is 0 Å². The molecule has 2 N–H and O–H groups in total. The standard InChI is InChI=1S/C24H51B13N2O4/c1-8(2)7-18(27)22(33,43-17(40)14(38)9(3)4)21(31,32)20(30)11-10(12(25)15(41-5)16(42-6)13(11)26)19(28,29)24(36,37)39(20)23(18,34)35/h8-9,14H,7,25-38H2,1-6H3/t14-,18?,20?,22?/m0/s1. The summed E-state index contributed by atoms with van der Waals surface area (Å²) in [7, 11) is 33.7. The van der Waals surface area contributed by atoms with E-state index in [1.165, 1.54) is 11.1 Å². The van der Waals surface area contributed by atoms with Gasteiger partial charge in [0.15, 0.2) is 19.3 Å². The predicted octanol–water partition coefficient (Wildman–Crippen LogP) is -11.3. The summed E-state index contributed by atoms with van der Waals surface area (Å²) in [6, 6.07) is -0.702. The largest absolute Gasteiger partial charge is 0.493 e. The number of methoxy groups -OCH3 is 2. The van der Waals surface area contributed by atoms with Gasteiger partial charge in [-0.2, -0.15) is 0 Å². The maximum absolute atomic E-state index is 14.0. The van der Waals surface area contributed by atoms with E-state index in [0.29, 0.717) is 5.92 Å². The fourth-order valence-electron chi connectivity index (χ4n) is 9.96. The average Bonchev–Trinajstić information content (AvgIpc) is 2.85. The van der Waals surface area contributed by atoms with Gasteiger partial charge in [0.05, 0.1) is 19.7 Å². The first-order valence-electron chi connectivity index (χ1n) is 16.3. The third kappa shape index (κ3) is 4.34. The fourth-order valence-corrected chi connectivity index (χ4v) is 9.96. The number of nitrogens with zero attached hydrogens (tertiary/aromatic N) is 1. The smallest absolute Gasteiger partial charge is 0.322 e. The van der Waals surface area contributed by atoms with Gasteiger partial charge in [-0.15, -0.1) is 0 Å². The number of carbonyl (C=O) groups is 1. The van der Waals surface area contributed by atoms with E-state index in [4.69, 9.17) is 19.9 Å². The highest BCUT2D eigenvalue weighted by Crippen LogP contribution is 2.72.